The normalized spacial score (nSPS) is 12.6. The molecule has 0 aliphatic heterocycles. The Morgan fingerprint density at radius 2 is 1.90 bits per heavy atom. The third kappa shape index (κ3) is 4.97. The molecule has 2 N–H and O–H groups in total. The summed E-state index contributed by atoms with van der Waals surface area (Å²) in [7, 11) is 1.51. The lowest BCUT2D eigenvalue weighted by Gasteiger charge is -2.16. The molecule has 7 nitrogen and oxygen atoms in total. The molecular weight excluding hydrogens is 421 g/mol. The molecule has 3 aromatic rings. The van der Waals surface area contributed by atoms with Crippen molar-refractivity contribution in [3.8, 4) is 11.5 Å². The first-order valence-corrected chi connectivity index (χ1v) is 9.86. The number of halogens is 3. The van der Waals surface area contributed by atoms with Gasteiger partial charge in [-0.25, -0.2) is 18.9 Å². The highest BCUT2D eigenvalue weighted by atomic mass is 32.2. The maximum absolute atomic E-state index is 12.6. The van der Waals surface area contributed by atoms with Gasteiger partial charge in [0.15, 0.2) is 6.61 Å². The van der Waals surface area contributed by atoms with E-state index in [0.29, 0.717) is 27.4 Å². The Kier molecular flexibility index (Phi) is 6.42. The SMILES string of the molecule is CNS(=O)c1ccc(OCC(F)(F)F)c(Nc2ncnc3cc(OC)c(C)cc23)c1. The van der Waals surface area contributed by atoms with E-state index in [2.05, 4.69) is 20.0 Å². The molecule has 1 heterocycles. The summed E-state index contributed by atoms with van der Waals surface area (Å²) < 4.78 is 62.9. The lowest BCUT2D eigenvalue weighted by atomic mass is 10.1. The van der Waals surface area contributed by atoms with Crippen molar-refractivity contribution in [2.75, 3.05) is 26.1 Å². The van der Waals surface area contributed by atoms with E-state index in [1.54, 1.807) is 13.2 Å². The number of methoxy groups -OCH3 is 1. The second-order valence-electron chi connectivity index (χ2n) is 6.22. The van der Waals surface area contributed by atoms with Crippen LogP contribution in [-0.2, 0) is 11.0 Å². The molecule has 0 saturated heterocycles. The topological polar surface area (TPSA) is 85.4 Å². The predicted molar refractivity (Wildman–Crippen MR) is 108 cm³/mol. The van der Waals surface area contributed by atoms with E-state index < -0.39 is 23.8 Å². The number of nitrogens with one attached hydrogen (secondary N) is 2. The lowest BCUT2D eigenvalue weighted by Crippen LogP contribution is -2.19. The number of alkyl halides is 3. The Hall–Kier alpha value is -2.92. The molecule has 1 aromatic heterocycles. The molecule has 1 unspecified atom stereocenters. The van der Waals surface area contributed by atoms with Crippen LogP contribution in [0.15, 0.2) is 41.6 Å². The molecule has 0 saturated carbocycles. The van der Waals surface area contributed by atoms with Crippen LogP contribution in [0.4, 0.5) is 24.7 Å². The van der Waals surface area contributed by atoms with E-state index in [9.17, 15) is 17.4 Å². The van der Waals surface area contributed by atoms with Crippen LogP contribution in [0.25, 0.3) is 10.9 Å². The third-order valence-electron chi connectivity index (χ3n) is 4.15. The van der Waals surface area contributed by atoms with Gasteiger partial charge in [-0.1, -0.05) is 0 Å². The van der Waals surface area contributed by atoms with Gasteiger partial charge in [0.05, 0.1) is 23.2 Å². The fourth-order valence-corrected chi connectivity index (χ4v) is 3.42. The van der Waals surface area contributed by atoms with Gasteiger partial charge in [-0.05, 0) is 43.8 Å². The Morgan fingerprint density at radius 3 is 2.57 bits per heavy atom. The molecular formula is C19H19F3N4O3S. The van der Waals surface area contributed by atoms with Crippen molar-refractivity contribution in [3.05, 3.63) is 42.2 Å². The van der Waals surface area contributed by atoms with Crippen LogP contribution in [-0.4, -0.2) is 41.1 Å². The molecule has 0 aliphatic rings. The molecule has 0 aliphatic carbocycles. The standard InChI is InChI=1S/C19H19F3N4O3S/c1-11-6-13-14(8-17(11)28-3)24-10-25-18(13)26-15-7-12(30(27)23-2)4-5-16(15)29-9-19(20,21)22/h4-8,10,23H,9H2,1-3H3,(H,24,25,26). The van der Waals surface area contributed by atoms with Crippen molar-refractivity contribution < 1.29 is 26.9 Å². The molecule has 3 rings (SSSR count). The van der Waals surface area contributed by atoms with Crippen LogP contribution < -0.4 is 19.5 Å². The van der Waals surface area contributed by atoms with Crippen molar-refractivity contribution in [2.24, 2.45) is 0 Å². The molecule has 2 aromatic carbocycles. The van der Waals surface area contributed by atoms with Crippen molar-refractivity contribution in [1.29, 1.82) is 0 Å². The maximum Gasteiger partial charge on any atom is 0.422 e. The molecule has 0 radical (unpaired) electrons. The summed E-state index contributed by atoms with van der Waals surface area (Å²) in [5.74, 6) is 0.948. The summed E-state index contributed by atoms with van der Waals surface area (Å²) in [5, 5.41) is 3.63. The Morgan fingerprint density at radius 1 is 1.13 bits per heavy atom. The van der Waals surface area contributed by atoms with Gasteiger partial charge in [0.25, 0.3) is 0 Å². The molecule has 0 fully saturated rings. The maximum atomic E-state index is 12.6. The zero-order valence-electron chi connectivity index (χ0n) is 16.3. The van der Waals surface area contributed by atoms with E-state index in [1.807, 2.05) is 13.0 Å². The number of anilines is 2. The molecule has 0 bridgehead atoms. The zero-order valence-corrected chi connectivity index (χ0v) is 17.1. The van der Waals surface area contributed by atoms with E-state index in [-0.39, 0.29) is 11.4 Å². The van der Waals surface area contributed by atoms with Crippen molar-refractivity contribution >= 4 is 33.4 Å². The van der Waals surface area contributed by atoms with Crippen molar-refractivity contribution in [2.45, 2.75) is 18.0 Å². The molecule has 30 heavy (non-hydrogen) atoms. The van der Waals surface area contributed by atoms with Crippen molar-refractivity contribution in [3.63, 3.8) is 0 Å². The summed E-state index contributed by atoms with van der Waals surface area (Å²) in [6.45, 7) is 0.389. The van der Waals surface area contributed by atoms with E-state index in [4.69, 9.17) is 9.47 Å². The number of hydrogen-bond acceptors (Lipinski definition) is 6. The number of aryl methyl sites for hydroxylation is 1. The number of hydrogen-bond donors (Lipinski definition) is 2. The summed E-state index contributed by atoms with van der Waals surface area (Å²) in [6.07, 6.45) is -3.18. The average molecular weight is 440 g/mol. The fraction of sp³-hybridized carbons (Fsp3) is 0.263. The quantitative estimate of drug-likeness (QED) is 0.580. The number of ether oxygens (including phenoxy) is 2. The molecule has 0 amide bonds. The summed E-state index contributed by atoms with van der Waals surface area (Å²) in [5.41, 5.74) is 1.61. The second kappa shape index (κ2) is 8.84. The van der Waals surface area contributed by atoms with Gasteiger partial charge in [0, 0.05) is 11.5 Å². The number of nitrogens with zero attached hydrogens (tertiary/aromatic N) is 2. The predicted octanol–water partition coefficient (Wildman–Crippen LogP) is 3.87. The molecule has 0 spiro atoms. The van der Waals surface area contributed by atoms with E-state index in [1.165, 1.54) is 31.6 Å². The highest BCUT2D eigenvalue weighted by Crippen LogP contribution is 2.34. The highest BCUT2D eigenvalue weighted by molar-refractivity contribution is 7.83. The minimum Gasteiger partial charge on any atom is -0.496 e. The Labute approximate surface area is 173 Å². The van der Waals surface area contributed by atoms with Gasteiger partial charge < -0.3 is 14.8 Å². The smallest absolute Gasteiger partial charge is 0.422 e. The number of aromatic nitrogens is 2. The summed E-state index contributed by atoms with van der Waals surface area (Å²) in [4.78, 5) is 8.78. The molecule has 11 heteroatoms. The fourth-order valence-electron chi connectivity index (χ4n) is 2.76. The largest absolute Gasteiger partial charge is 0.496 e. The van der Waals surface area contributed by atoms with Gasteiger partial charge in [0.2, 0.25) is 0 Å². The Balaban J connectivity index is 2.05. The minimum absolute atomic E-state index is 0.0545. The van der Waals surface area contributed by atoms with Crippen LogP contribution in [0, 0.1) is 6.92 Å². The monoisotopic (exact) mass is 440 g/mol. The minimum atomic E-state index is -4.50. The summed E-state index contributed by atoms with van der Waals surface area (Å²) in [6, 6.07) is 7.75. The van der Waals surface area contributed by atoms with Crippen molar-refractivity contribution in [1.82, 2.24) is 14.7 Å². The van der Waals surface area contributed by atoms with Crippen LogP contribution in [0.5, 0.6) is 11.5 Å². The van der Waals surface area contributed by atoms with Gasteiger partial charge in [-0.3, -0.25) is 0 Å². The van der Waals surface area contributed by atoms with Crippen LogP contribution in [0.3, 0.4) is 0 Å². The molecule has 160 valence electrons. The lowest BCUT2D eigenvalue weighted by molar-refractivity contribution is -0.153. The Bertz CT molecular complexity index is 1090. The number of fused-ring (bicyclic) bond motifs is 1. The van der Waals surface area contributed by atoms with Crippen LogP contribution in [0.2, 0.25) is 0 Å². The third-order valence-corrected chi connectivity index (χ3v) is 5.20. The average Bonchev–Trinajstić information content (AvgIpc) is 2.71. The van der Waals surface area contributed by atoms with Crippen LogP contribution >= 0.6 is 0 Å². The zero-order chi connectivity index (χ0) is 21.9. The van der Waals surface area contributed by atoms with Gasteiger partial charge >= 0.3 is 6.18 Å². The molecule has 1 atom stereocenters. The van der Waals surface area contributed by atoms with Crippen LogP contribution in [0.1, 0.15) is 5.56 Å². The first kappa shape index (κ1) is 21.8. The van der Waals surface area contributed by atoms with E-state index >= 15 is 0 Å². The van der Waals surface area contributed by atoms with Gasteiger partial charge in [-0.15, -0.1) is 0 Å². The summed E-state index contributed by atoms with van der Waals surface area (Å²) >= 11 is 0. The second-order valence-corrected chi connectivity index (χ2v) is 7.64. The van der Waals surface area contributed by atoms with Gasteiger partial charge in [0.1, 0.15) is 34.6 Å². The highest BCUT2D eigenvalue weighted by Gasteiger charge is 2.29. The van der Waals surface area contributed by atoms with E-state index in [0.717, 1.165) is 5.56 Å². The van der Waals surface area contributed by atoms with Gasteiger partial charge in [-0.2, -0.15) is 13.2 Å². The first-order valence-electron chi connectivity index (χ1n) is 8.71. The first-order chi connectivity index (χ1) is 14.2. The number of benzene rings is 2. The number of rotatable bonds is 7.